The Labute approximate surface area is 55.0 Å². The summed E-state index contributed by atoms with van der Waals surface area (Å²) in [4.78, 5) is 0. The van der Waals surface area contributed by atoms with Gasteiger partial charge in [-0.25, -0.2) is 0 Å². The number of rotatable bonds is 0. The molecule has 1 aliphatic heterocycles. The molecule has 1 nitrogen and oxygen atoms in total. The van der Waals surface area contributed by atoms with Crippen molar-refractivity contribution in [2.45, 2.75) is 31.2 Å². The van der Waals surface area contributed by atoms with Gasteiger partial charge in [0.05, 0.1) is 18.1 Å². The summed E-state index contributed by atoms with van der Waals surface area (Å²) in [5.74, 6) is 0. The van der Waals surface area contributed by atoms with Gasteiger partial charge in [0.25, 0.3) is 0 Å². The van der Waals surface area contributed by atoms with Crippen LogP contribution in [0.1, 0.15) is 19.8 Å². The summed E-state index contributed by atoms with van der Waals surface area (Å²) in [6, 6.07) is 0. The van der Waals surface area contributed by atoms with Crippen molar-refractivity contribution in [1.29, 1.82) is 0 Å². The zero-order valence-electron chi connectivity index (χ0n) is 5.06. The second kappa shape index (κ2) is 2.70. The summed E-state index contributed by atoms with van der Waals surface area (Å²) in [6.07, 6.45) is 2.67. The molecule has 0 aromatic rings. The van der Waals surface area contributed by atoms with Gasteiger partial charge < -0.3 is 4.74 Å². The minimum Gasteiger partial charge on any atom is -0.377 e. The first-order valence-electron chi connectivity index (χ1n) is 3.04. The van der Waals surface area contributed by atoms with Crippen LogP contribution in [0, 0.1) is 0 Å². The van der Waals surface area contributed by atoms with E-state index in [9.17, 15) is 0 Å². The molecule has 0 radical (unpaired) electrons. The van der Waals surface area contributed by atoms with Crippen molar-refractivity contribution in [3.05, 3.63) is 0 Å². The van der Waals surface area contributed by atoms with E-state index in [1.807, 2.05) is 0 Å². The van der Waals surface area contributed by atoms with Gasteiger partial charge >= 0.3 is 0 Å². The molecular weight excluding hydrogens is 124 g/mol. The van der Waals surface area contributed by atoms with Crippen LogP contribution < -0.4 is 0 Å². The van der Waals surface area contributed by atoms with Gasteiger partial charge in [-0.15, -0.1) is 11.6 Å². The molecule has 1 aliphatic rings. The molecule has 2 unspecified atom stereocenters. The van der Waals surface area contributed by atoms with Gasteiger partial charge in [0.2, 0.25) is 0 Å². The number of ether oxygens (including phenoxy) is 1. The molecule has 2 atom stereocenters. The van der Waals surface area contributed by atoms with Gasteiger partial charge in [0.1, 0.15) is 0 Å². The lowest BCUT2D eigenvalue weighted by Gasteiger charge is -2.21. The van der Waals surface area contributed by atoms with E-state index < -0.39 is 0 Å². The summed E-state index contributed by atoms with van der Waals surface area (Å²) in [6.45, 7) is 2.82. The lowest BCUT2D eigenvalue weighted by molar-refractivity contribution is 0.0310. The maximum absolute atomic E-state index is 5.76. The molecule has 2 heteroatoms. The average Bonchev–Trinajstić information content (AvgIpc) is 1.77. The van der Waals surface area contributed by atoms with Gasteiger partial charge in [-0.3, -0.25) is 0 Å². The van der Waals surface area contributed by atoms with Gasteiger partial charge in [0, 0.05) is 0 Å². The Bertz CT molecular complexity index is 56.9. The van der Waals surface area contributed by atoms with Gasteiger partial charge in [-0.05, 0) is 19.8 Å². The van der Waals surface area contributed by atoms with E-state index in [4.69, 9.17) is 16.3 Å². The Kier molecular flexibility index (Phi) is 2.15. The van der Waals surface area contributed by atoms with Crippen LogP contribution in [-0.4, -0.2) is 18.1 Å². The Hall–Kier alpha value is 0.250. The highest BCUT2D eigenvalue weighted by atomic mass is 35.5. The molecule has 0 amide bonds. The summed E-state index contributed by atoms with van der Waals surface area (Å²) in [7, 11) is 0. The van der Waals surface area contributed by atoms with E-state index in [2.05, 4.69) is 6.92 Å². The van der Waals surface area contributed by atoms with Crippen molar-refractivity contribution in [3.63, 3.8) is 0 Å². The standard InChI is InChI=1S/C6H11ClO/c1-5-2-3-6(7)4-8-5/h5-6H,2-4H2,1H3. The van der Waals surface area contributed by atoms with Crippen molar-refractivity contribution in [2.24, 2.45) is 0 Å². The first-order valence-corrected chi connectivity index (χ1v) is 3.48. The highest BCUT2D eigenvalue weighted by Gasteiger charge is 2.15. The Balaban J connectivity index is 2.19. The smallest absolute Gasteiger partial charge is 0.0633 e. The third-order valence-corrected chi connectivity index (χ3v) is 1.79. The first kappa shape index (κ1) is 6.37. The minimum absolute atomic E-state index is 0.270. The van der Waals surface area contributed by atoms with Crippen molar-refractivity contribution in [2.75, 3.05) is 6.61 Å². The Morgan fingerprint density at radius 3 is 2.62 bits per heavy atom. The highest BCUT2D eigenvalue weighted by Crippen LogP contribution is 2.16. The molecule has 0 aromatic heterocycles. The molecule has 0 spiro atoms. The van der Waals surface area contributed by atoms with Crippen molar-refractivity contribution >= 4 is 11.6 Å². The van der Waals surface area contributed by atoms with Gasteiger partial charge in [-0.2, -0.15) is 0 Å². The van der Waals surface area contributed by atoms with Crippen molar-refractivity contribution in [3.8, 4) is 0 Å². The second-order valence-corrected chi connectivity index (χ2v) is 2.94. The van der Waals surface area contributed by atoms with Crippen molar-refractivity contribution in [1.82, 2.24) is 0 Å². The molecule has 0 N–H and O–H groups in total. The fraction of sp³-hybridized carbons (Fsp3) is 1.00. The van der Waals surface area contributed by atoms with Crippen LogP contribution in [0.25, 0.3) is 0 Å². The molecule has 1 saturated heterocycles. The normalized spacial score (nSPS) is 39.8. The van der Waals surface area contributed by atoms with E-state index in [0.29, 0.717) is 6.10 Å². The lowest BCUT2D eigenvalue weighted by Crippen LogP contribution is -2.23. The summed E-state index contributed by atoms with van der Waals surface area (Å²) >= 11 is 5.76. The SMILES string of the molecule is CC1CCC(Cl)CO1. The van der Waals surface area contributed by atoms with Crippen LogP contribution in [-0.2, 0) is 4.74 Å². The monoisotopic (exact) mass is 134 g/mol. The first-order chi connectivity index (χ1) is 3.79. The van der Waals surface area contributed by atoms with E-state index in [0.717, 1.165) is 19.4 Å². The zero-order valence-corrected chi connectivity index (χ0v) is 5.82. The minimum atomic E-state index is 0.270. The lowest BCUT2D eigenvalue weighted by atomic mass is 10.1. The third kappa shape index (κ3) is 1.64. The Morgan fingerprint density at radius 1 is 1.50 bits per heavy atom. The fourth-order valence-corrected chi connectivity index (χ4v) is 1.05. The fourth-order valence-electron chi connectivity index (χ4n) is 0.851. The summed E-state index contributed by atoms with van der Waals surface area (Å²) < 4.78 is 5.26. The summed E-state index contributed by atoms with van der Waals surface area (Å²) in [5.41, 5.74) is 0. The van der Waals surface area contributed by atoms with Crippen LogP contribution in [0.2, 0.25) is 0 Å². The molecule has 8 heavy (non-hydrogen) atoms. The van der Waals surface area contributed by atoms with E-state index in [1.54, 1.807) is 0 Å². The average molecular weight is 135 g/mol. The maximum atomic E-state index is 5.76. The van der Waals surface area contributed by atoms with Gasteiger partial charge in [-0.1, -0.05) is 0 Å². The van der Waals surface area contributed by atoms with Gasteiger partial charge in [0.15, 0.2) is 0 Å². The predicted octanol–water partition coefficient (Wildman–Crippen LogP) is 1.79. The van der Waals surface area contributed by atoms with Crippen LogP contribution >= 0.6 is 11.6 Å². The third-order valence-electron chi connectivity index (χ3n) is 1.45. The zero-order chi connectivity index (χ0) is 5.98. The second-order valence-electron chi connectivity index (χ2n) is 2.32. The topological polar surface area (TPSA) is 9.23 Å². The number of hydrogen-bond donors (Lipinski definition) is 0. The van der Waals surface area contributed by atoms with Crippen LogP contribution in [0.5, 0.6) is 0 Å². The summed E-state index contributed by atoms with van der Waals surface area (Å²) in [5, 5.41) is 0.270. The number of alkyl halides is 1. The molecule has 1 rings (SSSR count). The quantitative estimate of drug-likeness (QED) is 0.459. The van der Waals surface area contributed by atoms with Crippen LogP contribution in [0.4, 0.5) is 0 Å². The molecule has 0 bridgehead atoms. The molecule has 1 fully saturated rings. The largest absolute Gasteiger partial charge is 0.377 e. The Morgan fingerprint density at radius 2 is 2.25 bits per heavy atom. The molecule has 0 aromatic carbocycles. The molecule has 0 aliphatic carbocycles. The molecule has 48 valence electrons. The number of hydrogen-bond acceptors (Lipinski definition) is 1. The van der Waals surface area contributed by atoms with E-state index in [1.165, 1.54) is 0 Å². The van der Waals surface area contributed by atoms with Crippen molar-refractivity contribution < 1.29 is 4.74 Å². The predicted molar refractivity (Wildman–Crippen MR) is 34.3 cm³/mol. The highest BCUT2D eigenvalue weighted by molar-refractivity contribution is 6.20. The molecule has 0 saturated carbocycles. The number of halogens is 1. The molecule has 1 heterocycles. The van der Waals surface area contributed by atoms with E-state index >= 15 is 0 Å². The maximum Gasteiger partial charge on any atom is 0.0633 e. The van der Waals surface area contributed by atoms with Crippen LogP contribution in [0.3, 0.4) is 0 Å². The molecular formula is C6H11ClO. The van der Waals surface area contributed by atoms with Crippen LogP contribution in [0.15, 0.2) is 0 Å². The van der Waals surface area contributed by atoms with E-state index in [-0.39, 0.29) is 5.38 Å².